The number of anilines is 2. The van der Waals surface area contributed by atoms with Crippen molar-refractivity contribution < 1.29 is 19.4 Å². The third-order valence-corrected chi connectivity index (χ3v) is 4.92. The Morgan fingerprint density at radius 1 is 0.741 bits per heavy atom. The molecule has 3 rings (SSSR count). The summed E-state index contributed by atoms with van der Waals surface area (Å²) >= 11 is 1.45. The van der Waals surface area contributed by atoms with E-state index in [2.05, 4.69) is 120 Å². The average Bonchev–Trinajstić information content (AvgIpc) is 2.71. The van der Waals surface area contributed by atoms with Crippen molar-refractivity contribution in [2.24, 2.45) is 0 Å². The Morgan fingerprint density at radius 2 is 1.26 bits per heavy atom. The summed E-state index contributed by atoms with van der Waals surface area (Å²) in [6.07, 6.45) is 6.52. The van der Waals surface area contributed by atoms with Gasteiger partial charge in [0.15, 0.2) is 0 Å². The molecule has 0 amide bonds. The van der Waals surface area contributed by atoms with Crippen molar-refractivity contribution in [3.05, 3.63) is 114 Å². The van der Waals surface area contributed by atoms with Gasteiger partial charge in [-0.1, -0.05) is 0 Å². The fraction of sp³-hybridized carbons (Fsp3) is 0.0800. The molecule has 1 nitrogen and oxygen atoms in total. The molecule has 0 bridgehead atoms. The molecule has 0 aliphatic rings. The van der Waals surface area contributed by atoms with Crippen molar-refractivity contribution in [2.45, 2.75) is 13.8 Å². The molecule has 27 heavy (non-hydrogen) atoms. The average molecular weight is 521 g/mol. The van der Waals surface area contributed by atoms with Gasteiger partial charge in [-0.15, -0.1) is 0 Å². The number of aryl methyl sites for hydroxylation is 2. The van der Waals surface area contributed by atoms with Crippen LogP contribution in [0.3, 0.4) is 0 Å². The molecule has 0 spiro atoms. The summed E-state index contributed by atoms with van der Waals surface area (Å²) in [6, 6.07) is 27.9. The number of allylic oxidation sites excluding steroid dienone is 3. The Labute approximate surface area is 173 Å². The Kier molecular flexibility index (Phi) is 6.73. The molecule has 0 N–H and O–H groups in total. The molecule has 0 saturated carbocycles. The predicted octanol–water partition coefficient (Wildman–Crippen LogP) is 6.39. The maximum atomic E-state index is 2.26. The van der Waals surface area contributed by atoms with Gasteiger partial charge in [-0.3, -0.25) is 0 Å². The second kappa shape index (κ2) is 9.44. The van der Waals surface area contributed by atoms with E-state index in [0.717, 1.165) is 11.4 Å². The van der Waals surface area contributed by atoms with Crippen LogP contribution in [0.1, 0.15) is 16.7 Å². The zero-order chi connectivity index (χ0) is 19.1. The molecule has 0 saturated heterocycles. The van der Waals surface area contributed by atoms with Crippen molar-refractivity contribution in [3.63, 3.8) is 0 Å². The fourth-order valence-electron chi connectivity index (χ4n) is 2.84. The van der Waals surface area contributed by atoms with Gasteiger partial charge in [-0.05, 0) is 0 Å². The first-order chi connectivity index (χ1) is 13.2. The van der Waals surface area contributed by atoms with Crippen LogP contribution in [0.5, 0.6) is 0 Å². The summed E-state index contributed by atoms with van der Waals surface area (Å²) in [5.41, 5.74) is 7.20. The van der Waals surface area contributed by atoms with E-state index in [1.165, 1.54) is 41.6 Å². The van der Waals surface area contributed by atoms with Crippen molar-refractivity contribution in [3.8, 4) is 0 Å². The van der Waals surface area contributed by atoms with Crippen molar-refractivity contribution in [1.29, 1.82) is 0 Å². The topological polar surface area (TPSA) is 3.24 Å². The van der Waals surface area contributed by atoms with Crippen molar-refractivity contribution in [1.82, 2.24) is 0 Å². The van der Waals surface area contributed by atoms with Gasteiger partial charge >= 0.3 is 173 Å². The number of hydrogen-bond acceptors (Lipinski definition) is 1. The zero-order valence-corrected chi connectivity index (χ0v) is 18.6. The molecule has 134 valence electrons. The molecule has 0 unspecified atom stereocenters. The van der Waals surface area contributed by atoms with E-state index in [-0.39, 0.29) is 0 Å². The summed E-state index contributed by atoms with van der Waals surface area (Å²) in [4.78, 5) is 2.26. The van der Waals surface area contributed by atoms with E-state index in [4.69, 9.17) is 0 Å². The number of hydrogen-bond donors (Lipinski definition) is 0. The fourth-order valence-corrected chi connectivity index (χ4v) is 3.12. The van der Waals surface area contributed by atoms with Crippen LogP contribution in [0.2, 0.25) is 0 Å². The molecule has 0 aliphatic heterocycles. The van der Waals surface area contributed by atoms with E-state index in [1.54, 1.807) is 0 Å². The SMILES string of the molecule is Cc1ccc(N(C=C(C=C[CH]=[W])c2ccccc2)c2ccc(C)cc2)cc1. The van der Waals surface area contributed by atoms with Gasteiger partial charge in [0.25, 0.3) is 0 Å². The standard InChI is InChI=1S/C25H23N.W/c1-4-8-23(22-9-6-5-7-10-22)19-26(24-15-11-20(2)12-16-24)25-17-13-21(3)14-18-25;/h1,4-19H,2-3H3;. The molecular formula is C25H23NW. The van der Waals surface area contributed by atoms with Crippen LogP contribution >= 0.6 is 0 Å². The first-order valence-electron chi connectivity index (χ1n) is 8.99. The summed E-state index contributed by atoms with van der Waals surface area (Å²) in [7, 11) is 0. The van der Waals surface area contributed by atoms with Gasteiger partial charge in [0, 0.05) is 0 Å². The van der Waals surface area contributed by atoms with E-state index in [0.29, 0.717) is 0 Å². The van der Waals surface area contributed by atoms with Gasteiger partial charge in [0.1, 0.15) is 0 Å². The Morgan fingerprint density at radius 3 is 1.74 bits per heavy atom. The molecule has 3 aromatic carbocycles. The molecule has 3 aromatic rings. The first kappa shape index (κ1) is 19.3. The monoisotopic (exact) mass is 521 g/mol. The Balaban J connectivity index is 2.13. The minimum atomic E-state index is 1.15. The molecule has 0 heterocycles. The van der Waals surface area contributed by atoms with Crippen LogP contribution in [-0.2, 0) is 19.4 Å². The van der Waals surface area contributed by atoms with Crippen molar-refractivity contribution in [2.75, 3.05) is 4.90 Å². The summed E-state index contributed by atoms with van der Waals surface area (Å²) in [6.45, 7) is 4.24. The van der Waals surface area contributed by atoms with Gasteiger partial charge < -0.3 is 0 Å². The van der Waals surface area contributed by atoms with Crippen molar-refractivity contribution >= 4 is 21.3 Å². The van der Waals surface area contributed by atoms with E-state index < -0.39 is 0 Å². The summed E-state index contributed by atoms with van der Waals surface area (Å²) in [5, 5.41) is 0. The second-order valence-electron chi connectivity index (χ2n) is 6.49. The maximum absolute atomic E-state index is 2.26. The van der Waals surface area contributed by atoms with E-state index in [9.17, 15) is 0 Å². The summed E-state index contributed by atoms with van der Waals surface area (Å²) < 4.78 is 2.14. The molecule has 0 radical (unpaired) electrons. The minimum absolute atomic E-state index is 1.15. The van der Waals surface area contributed by atoms with Gasteiger partial charge in [0.2, 0.25) is 0 Å². The molecule has 0 aromatic heterocycles. The van der Waals surface area contributed by atoms with Crippen LogP contribution in [-0.4, -0.2) is 4.40 Å². The van der Waals surface area contributed by atoms with Crippen LogP contribution in [0.4, 0.5) is 11.4 Å². The Hall–Kier alpha value is -2.50. The van der Waals surface area contributed by atoms with Crippen LogP contribution in [0.25, 0.3) is 5.57 Å². The number of rotatable bonds is 6. The second-order valence-corrected chi connectivity index (χ2v) is 7.46. The summed E-state index contributed by atoms with van der Waals surface area (Å²) in [5.74, 6) is 0. The zero-order valence-electron chi connectivity index (χ0n) is 15.7. The van der Waals surface area contributed by atoms with E-state index >= 15 is 0 Å². The number of nitrogens with zero attached hydrogens (tertiary/aromatic N) is 1. The quantitative estimate of drug-likeness (QED) is 0.340. The van der Waals surface area contributed by atoms with Gasteiger partial charge in [-0.25, -0.2) is 0 Å². The third-order valence-electron chi connectivity index (χ3n) is 4.35. The Bertz CT molecular complexity index is 890. The molecule has 0 atom stereocenters. The van der Waals surface area contributed by atoms with Crippen LogP contribution in [0, 0.1) is 13.8 Å². The number of benzene rings is 3. The van der Waals surface area contributed by atoms with Gasteiger partial charge in [0.05, 0.1) is 0 Å². The van der Waals surface area contributed by atoms with Crippen LogP contribution < -0.4 is 4.90 Å². The molecule has 2 heteroatoms. The van der Waals surface area contributed by atoms with Gasteiger partial charge in [-0.2, -0.15) is 0 Å². The molecule has 0 aliphatic carbocycles. The third kappa shape index (κ3) is 5.25. The molecular weight excluding hydrogens is 498 g/mol. The van der Waals surface area contributed by atoms with Crippen LogP contribution in [0.15, 0.2) is 97.2 Å². The first-order valence-corrected chi connectivity index (χ1v) is 10.7. The normalized spacial score (nSPS) is 11.6. The van der Waals surface area contributed by atoms with E-state index in [1.807, 2.05) is 0 Å². The predicted molar refractivity (Wildman–Crippen MR) is 114 cm³/mol. The molecule has 0 fully saturated rings.